The van der Waals surface area contributed by atoms with E-state index in [1.54, 1.807) is 13.8 Å². The second-order valence-corrected chi connectivity index (χ2v) is 21.7. The summed E-state index contributed by atoms with van der Waals surface area (Å²) in [4.78, 5) is 55.0. The van der Waals surface area contributed by atoms with Gasteiger partial charge in [-0.2, -0.15) is 5.26 Å². The molecule has 0 aromatic heterocycles. The van der Waals surface area contributed by atoms with Crippen LogP contribution in [-0.4, -0.2) is 55.4 Å². The van der Waals surface area contributed by atoms with E-state index in [1.807, 2.05) is 67.6 Å². The topological polar surface area (TPSA) is 149 Å². The lowest BCUT2D eigenvalue weighted by atomic mass is 9.70. The normalized spacial score (nSPS) is 14.1. The van der Waals surface area contributed by atoms with Gasteiger partial charge in [-0.1, -0.05) is 197 Å². The quantitative estimate of drug-likeness (QED) is 0.0386. The van der Waals surface area contributed by atoms with Gasteiger partial charge in [-0.05, 0) is 102 Å². The lowest BCUT2D eigenvalue weighted by molar-refractivity contribution is -0.159. The fourth-order valence-corrected chi connectivity index (χ4v) is 9.93. The Morgan fingerprint density at radius 1 is 0.542 bits per heavy atom. The minimum Gasteiger partial charge on any atom is -0.481 e. The number of carboxylic acids is 1. The predicted molar refractivity (Wildman–Crippen MR) is 290 cm³/mol. The third-order valence-electron chi connectivity index (χ3n) is 14.5. The molecule has 0 aliphatic rings. The summed E-state index contributed by atoms with van der Waals surface area (Å²) in [5.41, 5.74) is -0.350. The Morgan fingerprint density at radius 2 is 1.01 bits per heavy atom. The predicted octanol–water partition coefficient (Wildman–Crippen LogP) is 16.1. The van der Waals surface area contributed by atoms with E-state index >= 15 is 0 Å². The van der Waals surface area contributed by atoms with Crippen molar-refractivity contribution in [2.45, 2.75) is 234 Å². The largest absolute Gasteiger partial charge is 0.481 e. The minimum absolute atomic E-state index is 0.0145. The number of hydrogen-bond acceptors (Lipinski definition) is 9. The molecule has 0 radical (unpaired) electrons. The average molecular weight is 1000 g/mol. The summed E-state index contributed by atoms with van der Waals surface area (Å²) in [5, 5.41) is 21.4. The fraction of sp³-hybridized carbons (Fsp3) is 0.726. The molecule has 5 unspecified atom stereocenters. The van der Waals surface area contributed by atoms with Crippen LogP contribution in [0.1, 0.15) is 238 Å². The van der Waals surface area contributed by atoms with E-state index in [9.17, 15) is 29.5 Å². The first-order valence-corrected chi connectivity index (χ1v) is 28.6. The van der Waals surface area contributed by atoms with E-state index in [4.69, 9.17) is 18.9 Å². The Balaban J connectivity index is 2.12. The number of ether oxygens (including phenoxy) is 4. The van der Waals surface area contributed by atoms with Crippen molar-refractivity contribution in [3.63, 3.8) is 0 Å². The molecule has 2 aromatic carbocycles. The molecule has 5 atom stereocenters. The van der Waals surface area contributed by atoms with Gasteiger partial charge in [0.1, 0.15) is 6.61 Å². The van der Waals surface area contributed by atoms with Gasteiger partial charge in [0.25, 0.3) is 0 Å². The van der Waals surface area contributed by atoms with E-state index in [2.05, 4.69) is 26.8 Å². The van der Waals surface area contributed by atoms with E-state index in [1.165, 1.54) is 96.3 Å². The van der Waals surface area contributed by atoms with Crippen LogP contribution in [-0.2, 0) is 44.7 Å². The highest BCUT2D eigenvalue weighted by atomic mass is 16.5. The molecule has 2 rings (SSSR count). The number of aliphatic carboxylic acids is 1. The molecule has 0 aliphatic carbocycles. The van der Waals surface area contributed by atoms with Gasteiger partial charge in [-0.3, -0.25) is 19.2 Å². The van der Waals surface area contributed by atoms with E-state index < -0.39 is 52.5 Å². The van der Waals surface area contributed by atoms with Gasteiger partial charge in [0, 0.05) is 19.1 Å². The highest BCUT2D eigenvalue weighted by Gasteiger charge is 2.42. The number of carbonyl (C=O) groups excluding carboxylic acids is 3. The summed E-state index contributed by atoms with van der Waals surface area (Å²) in [7, 11) is 0. The van der Waals surface area contributed by atoms with Crippen LogP contribution >= 0.6 is 0 Å². The van der Waals surface area contributed by atoms with Crippen molar-refractivity contribution in [2.24, 2.45) is 28.6 Å². The van der Waals surface area contributed by atoms with Gasteiger partial charge in [-0.25, -0.2) is 0 Å². The number of nitriles is 1. The molecule has 10 nitrogen and oxygen atoms in total. The molecule has 0 fully saturated rings. The molecule has 0 aliphatic heterocycles. The Hall–Kier alpha value is -4.23. The SMILES string of the molecule is CCCCCCCCCCCCOCCCCOC(=O)C(C)(C)CC(CC(CC(C#N)CC(C)(CC(CC)c1ccccc1)C(=O)OCc1ccccc1)C(=O)O)C(=O)OCCCCCCCCCCCC. The molecule has 0 saturated heterocycles. The van der Waals surface area contributed by atoms with Crippen molar-refractivity contribution in [1.29, 1.82) is 5.26 Å². The average Bonchev–Trinajstić information content (AvgIpc) is 3.38. The molecule has 0 spiro atoms. The summed E-state index contributed by atoms with van der Waals surface area (Å²) in [5.74, 6) is -5.54. The van der Waals surface area contributed by atoms with Crippen LogP contribution in [0, 0.1) is 39.9 Å². The van der Waals surface area contributed by atoms with Crippen molar-refractivity contribution in [3.8, 4) is 6.07 Å². The zero-order valence-electron chi connectivity index (χ0n) is 46.1. The molecule has 2 aromatic rings. The van der Waals surface area contributed by atoms with Crippen LogP contribution in [0.5, 0.6) is 0 Å². The van der Waals surface area contributed by atoms with Crippen LogP contribution in [0.3, 0.4) is 0 Å². The third-order valence-corrected chi connectivity index (χ3v) is 14.5. The number of nitrogens with zero attached hydrogens (tertiary/aromatic N) is 1. The summed E-state index contributed by atoms with van der Waals surface area (Å²) in [6.45, 7) is 13.6. The van der Waals surface area contributed by atoms with Crippen LogP contribution < -0.4 is 0 Å². The Bertz CT molecular complexity index is 1760. The van der Waals surface area contributed by atoms with Crippen LogP contribution in [0.2, 0.25) is 0 Å². The molecule has 0 bridgehead atoms. The first-order chi connectivity index (χ1) is 34.8. The van der Waals surface area contributed by atoms with E-state index in [-0.39, 0.29) is 51.4 Å². The van der Waals surface area contributed by atoms with Gasteiger partial charge >= 0.3 is 23.9 Å². The maximum absolute atomic E-state index is 14.2. The van der Waals surface area contributed by atoms with Crippen LogP contribution in [0.15, 0.2) is 60.7 Å². The van der Waals surface area contributed by atoms with Gasteiger partial charge in [0.2, 0.25) is 0 Å². The Kier molecular flexibility index (Phi) is 34.8. The summed E-state index contributed by atoms with van der Waals surface area (Å²) in [6, 6.07) is 21.7. The van der Waals surface area contributed by atoms with Gasteiger partial charge in [0.05, 0.1) is 41.9 Å². The second-order valence-electron chi connectivity index (χ2n) is 21.7. The summed E-state index contributed by atoms with van der Waals surface area (Å²) >= 11 is 0. The van der Waals surface area contributed by atoms with Crippen molar-refractivity contribution in [3.05, 3.63) is 71.8 Å². The van der Waals surface area contributed by atoms with Crippen molar-refractivity contribution < 1.29 is 43.2 Å². The first-order valence-electron chi connectivity index (χ1n) is 28.6. The molecule has 72 heavy (non-hydrogen) atoms. The minimum atomic E-state index is -1.15. The molecular formula is C62H99NO9. The zero-order valence-corrected chi connectivity index (χ0v) is 46.1. The molecule has 0 heterocycles. The van der Waals surface area contributed by atoms with Gasteiger partial charge < -0.3 is 24.1 Å². The second kappa shape index (κ2) is 39.3. The number of carbonyl (C=O) groups is 4. The van der Waals surface area contributed by atoms with Crippen molar-refractivity contribution in [1.82, 2.24) is 0 Å². The maximum atomic E-state index is 14.2. The lowest BCUT2D eigenvalue weighted by Gasteiger charge is -2.34. The van der Waals surface area contributed by atoms with Crippen molar-refractivity contribution >= 4 is 23.9 Å². The number of esters is 3. The third kappa shape index (κ3) is 28.3. The van der Waals surface area contributed by atoms with E-state index in [0.717, 1.165) is 56.3 Å². The standard InChI is InChI=1S/C62H99NO9/c1-7-10-12-14-16-18-20-22-24-32-40-69-41-34-35-43-71-59(67)61(4,5)47-56(58(66)70-42-33-25-23-21-19-17-15-13-11-8-2)45-55(57(64)65)44-52(49-63)46-62(6,48-53(9-3)54-38-30-27-31-39-54)60(68)72-50-51-36-28-26-29-37-51/h26-31,36-39,52-53,55-56H,7-25,32-35,40-48,50H2,1-6H3,(H,64,65). The summed E-state index contributed by atoms with van der Waals surface area (Å²) < 4.78 is 23.4. The number of benzene rings is 2. The number of rotatable bonds is 45. The molecular weight excluding hydrogens is 903 g/mol. The Morgan fingerprint density at radius 3 is 1.53 bits per heavy atom. The maximum Gasteiger partial charge on any atom is 0.312 e. The van der Waals surface area contributed by atoms with Crippen molar-refractivity contribution in [2.75, 3.05) is 26.4 Å². The Labute approximate surface area is 437 Å². The number of hydrogen-bond donors (Lipinski definition) is 1. The highest BCUT2D eigenvalue weighted by molar-refractivity contribution is 5.79. The van der Waals surface area contributed by atoms with Crippen LogP contribution in [0.4, 0.5) is 0 Å². The lowest BCUT2D eigenvalue weighted by Crippen LogP contribution is -2.36. The van der Waals surface area contributed by atoms with E-state index in [0.29, 0.717) is 25.9 Å². The first kappa shape index (κ1) is 63.9. The highest BCUT2D eigenvalue weighted by Crippen LogP contribution is 2.42. The molecule has 406 valence electrons. The monoisotopic (exact) mass is 1000 g/mol. The summed E-state index contributed by atoms with van der Waals surface area (Å²) in [6.07, 6.45) is 26.5. The molecule has 0 saturated carbocycles. The smallest absolute Gasteiger partial charge is 0.312 e. The molecule has 10 heteroatoms. The number of unbranched alkanes of at least 4 members (excludes halogenated alkanes) is 19. The van der Waals surface area contributed by atoms with Crippen LogP contribution in [0.25, 0.3) is 0 Å². The fourth-order valence-electron chi connectivity index (χ4n) is 9.93. The molecule has 1 N–H and O–H groups in total. The van der Waals surface area contributed by atoms with Gasteiger partial charge in [0.15, 0.2) is 0 Å². The molecule has 0 amide bonds. The van der Waals surface area contributed by atoms with Gasteiger partial charge in [-0.15, -0.1) is 0 Å². The number of carboxylic acid groups (broad SMARTS) is 1. The zero-order chi connectivity index (χ0) is 52.7.